The number of aryl methyl sites for hydroxylation is 4. The van der Waals surface area contributed by atoms with Crippen molar-refractivity contribution >= 4 is 45.0 Å². The topological polar surface area (TPSA) is 45.1 Å². The molecule has 1 aliphatic rings. The van der Waals surface area contributed by atoms with Gasteiger partial charge in [0.2, 0.25) is 18.9 Å². The predicted molar refractivity (Wildman–Crippen MR) is 213 cm³/mol. The number of imidazole rings is 1. The molecule has 0 radical (unpaired) electrons. The van der Waals surface area contributed by atoms with Crippen LogP contribution in [0.4, 0.5) is 0 Å². The van der Waals surface area contributed by atoms with Crippen LogP contribution in [0.3, 0.4) is 0 Å². The van der Waals surface area contributed by atoms with Crippen LogP contribution in [-0.2, 0) is 33.5 Å². The third-order valence-electron chi connectivity index (χ3n) is 10.4. The van der Waals surface area contributed by atoms with E-state index in [0.29, 0.717) is 17.4 Å². The zero-order valence-electron chi connectivity index (χ0n) is 31.4. The van der Waals surface area contributed by atoms with Crippen LogP contribution in [0, 0.1) is 39.2 Å². The smallest absolute Gasteiger partial charge is 0.244 e. The van der Waals surface area contributed by atoms with Gasteiger partial charge in [0, 0.05) is 44.3 Å². The number of hydrogen-bond donors (Lipinski definition) is 0. The number of pyridine rings is 1. The number of rotatable bonds is 5. The van der Waals surface area contributed by atoms with Gasteiger partial charge in [-0.25, -0.2) is 4.98 Å². The van der Waals surface area contributed by atoms with E-state index >= 15 is 0 Å². The molecule has 0 bridgehead atoms. The van der Waals surface area contributed by atoms with Crippen molar-refractivity contribution in [1.82, 2.24) is 14.1 Å². The van der Waals surface area contributed by atoms with E-state index in [9.17, 15) is 0 Å². The summed E-state index contributed by atoms with van der Waals surface area (Å²) in [6.45, 7) is 13.2. The molecule has 0 spiro atoms. The van der Waals surface area contributed by atoms with E-state index < -0.39 is 0 Å². The summed E-state index contributed by atoms with van der Waals surface area (Å²) in [5.74, 6) is 3.55. The molecule has 5 aromatic carbocycles. The van der Waals surface area contributed by atoms with Gasteiger partial charge >= 0.3 is 0 Å². The molecule has 8 heteroatoms. The first-order valence-electron chi connectivity index (χ1n) is 18.1. The summed E-state index contributed by atoms with van der Waals surface area (Å²) in [7, 11) is 2.04. The fourth-order valence-electron chi connectivity index (χ4n) is 8.01. The van der Waals surface area contributed by atoms with Crippen LogP contribution in [0.25, 0.3) is 33.3 Å². The molecule has 0 amide bonds. The van der Waals surface area contributed by atoms with Crippen molar-refractivity contribution in [2.75, 3.05) is 0 Å². The molecule has 9 rings (SSSR count). The summed E-state index contributed by atoms with van der Waals surface area (Å²) < 4.78 is 19.4. The Morgan fingerprint density at radius 2 is 1.54 bits per heavy atom. The van der Waals surface area contributed by atoms with Gasteiger partial charge in [-0.1, -0.05) is 103 Å². The molecule has 3 aromatic heterocycles. The molecule has 4 heterocycles. The minimum Gasteiger partial charge on any atom is -0.510 e. The van der Waals surface area contributed by atoms with Gasteiger partial charge in [0.25, 0.3) is 0 Å². The Morgan fingerprint density at radius 1 is 0.796 bits per heavy atom. The Kier molecular flexibility index (Phi) is 8.89. The molecule has 0 saturated heterocycles. The van der Waals surface area contributed by atoms with E-state index in [0.717, 1.165) is 50.1 Å². The SMILES string of the molecule is Cc1cc(C)c(B2c3ccccc3Oc3c2[n+](C)[c-]n3-c2[c-]c(Oc3[c-]c4c(cc3)c3ccccc3n4-c3cc(C(C)(C)C)ccn3)ccc2)c(C)c1.[Pt]. The zero-order chi connectivity index (χ0) is 36.6. The van der Waals surface area contributed by atoms with E-state index in [2.05, 4.69) is 136 Å². The van der Waals surface area contributed by atoms with Crippen LogP contribution >= 0.6 is 0 Å². The number of nitrogens with zero attached hydrogens (tertiary/aromatic N) is 4. The Bertz CT molecular complexity index is 2720. The first kappa shape index (κ1) is 35.6. The number of ether oxygens (including phenoxy) is 2. The largest absolute Gasteiger partial charge is 0.510 e. The van der Waals surface area contributed by atoms with E-state index in [1.165, 1.54) is 27.7 Å². The number of hydrogen-bond acceptors (Lipinski definition) is 3. The summed E-state index contributed by atoms with van der Waals surface area (Å²) in [5, 5.41) is 2.22. The van der Waals surface area contributed by atoms with Crippen molar-refractivity contribution in [2.45, 2.75) is 47.0 Å². The first-order valence-corrected chi connectivity index (χ1v) is 18.1. The minimum atomic E-state index is -0.0239. The predicted octanol–water partition coefficient (Wildman–Crippen LogP) is 7.83. The minimum absolute atomic E-state index is 0. The summed E-state index contributed by atoms with van der Waals surface area (Å²) in [6, 6.07) is 42.6. The van der Waals surface area contributed by atoms with E-state index in [1.54, 1.807) is 0 Å². The molecule has 1 aliphatic heterocycles. The molecular formula is C46H39BN4O2Pt-2. The Balaban J connectivity index is 0.00000413. The maximum atomic E-state index is 6.69. The van der Waals surface area contributed by atoms with Gasteiger partial charge in [-0.05, 0) is 66.9 Å². The zero-order valence-corrected chi connectivity index (χ0v) is 33.7. The maximum Gasteiger partial charge on any atom is 0.244 e. The summed E-state index contributed by atoms with van der Waals surface area (Å²) in [5.41, 5.74) is 11.2. The second-order valence-electron chi connectivity index (χ2n) is 15.2. The molecular weight excluding hydrogens is 846 g/mol. The van der Waals surface area contributed by atoms with Crippen molar-refractivity contribution in [3.05, 3.63) is 150 Å². The third kappa shape index (κ3) is 5.96. The van der Waals surface area contributed by atoms with Gasteiger partial charge < -0.3 is 23.2 Å². The average molecular weight is 886 g/mol. The number of aromatic nitrogens is 4. The van der Waals surface area contributed by atoms with Crippen molar-refractivity contribution < 1.29 is 35.1 Å². The van der Waals surface area contributed by atoms with Gasteiger partial charge in [0.1, 0.15) is 11.6 Å². The van der Waals surface area contributed by atoms with Crippen molar-refractivity contribution in [2.24, 2.45) is 7.05 Å². The Hall–Kier alpha value is -5.39. The van der Waals surface area contributed by atoms with E-state index in [1.807, 2.05) is 54.2 Å². The quantitative estimate of drug-likeness (QED) is 0.101. The third-order valence-corrected chi connectivity index (χ3v) is 10.4. The molecule has 270 valence electrons. The second-order valence-corrected chi connectivity index (χ2v) is 15.2. The van der Waals surface area contributed by atoms with Gasteiger partial charge in [0.05, 0.1) is 12.6 Å². The van der Waals surface area contributed by atoms with Gasteiger partial charge in [-0.3, -0.25) is 0 Å². The summed E-state index contributed by atoms with van der Waals surface area (Å²) >= 11 is 0. The van der Waals surface area contributed by atoms with Crippen LogP contribution in [0.5, 0.6) is 23.1 Å². The molecule has 0 N–H and O–H groups in total. The van der Waals surface area contributed by atoms with Gasteiger partial charge in [-0.2, -0.15) is 18.2 Å². The fourth-order valence-corrected chi connectivity index (χ4v) is 8.01. The fraction of sp³-hybridized carbons (Fsp3) is 0.174. The van der Waals surface area contributed by atoms with Crippen molar-refractivity contribution in [3.63, 3.8) is 0 Å². The first-order chi connectivity index (χ1) is 25.5. The Morgan fingerprint density at radius 3 is 2.33 bits per heavy atom. The molecule has 0 saturated carbocycles. The molecule has 0 atom stereocenters. The average Bonchev–Trinajstić information content (AvgIpc) is 3.64. The molecule has 0 aliphatic carbocycles. The molecule has 54 heavy (non-hydrogen) atoms. The van der Waals surface area contributed by atoms with Crippen LogP contribution in [0.2, 0.25) is 0 Å². The van der Waals surface area contributed by atoms with E-state index in [4.69, 9.17) is 14.5 Å². The monoisotopic (exact) mass is 885 g/mol. The molecule has 8 aromatic rings. The summed E-state index contributed by atoms with van der Waals surface area (Å²) in [6.07, 6.45) is 5.42. The Labute approximate surface area is 331 Å². The van der Waals surface area contributed by atoms with Gasteiger partial charge in [0.15, 0.2) is 0 Å². The van der Waals surface area contributed by atoms with Crippen LogP contribution in [-0.4, -0.2) is 20.8 Å². The molecule has 0 unspecified atom stereocenters. The standard InChI is InChI=1S/C46H39BN4O2.Pt/c1-29-23-30(2)43(31(3)24-29)47-38-16-9-11-18-41(38)53-45-44(47)49(7)28-50(45)33-13-12-14-34(26-33)52-35-19-20-37-36-15-8-10-17-39(36)51(40(37)27-35)42-25-32(21-22-48-42)46(4,5)6;/h8-25H,1-7H3;/q-2;. The molecule has 0 fully saturated rings. The van der Waals surface area contributed by atoms with E-state index in [-0.39, 0.29) is 33.2 Å². The van der Waals surface area contributed by atoms with Crippen molar-refractivity contribution in [3.8, 4) is 34.6 Å². The van der Waals surface area contributed by atoms with Crippen LogP contribution in [0.1, 0.15) is 43.0 Å². The molecule has 6 nitrogen and oxygen atoms in total. The van der Waals surface area contributed by atoms with Crippen LogP contribution < -0.4 is 30.6 Å². The second kappa shape index (κ2) is 13.5. The van der Waals surface area contributed by atoms with Crippen molar-refractivity contribution in [1.29, 1.82) is 0 Å². The van der Waals surface area contributed by atoms with Gasteiger partial charge in [-0.15, -0.1) is 29.7 Å². The number of para-hydroxylation sites is 2. The summed E-state index contributed by atoms with van der Waals surface area (Å²) in [4.78, 5) is 4.82. The number of fused-ring (bicyclic) bond motifs is 5. The maximum absolute atomic E-state index is 6.69. The van der Waals surface area contributed by atoms with Crippen LogP contribution in [0.15, 0.2) is 109 Å². The number of benzene rings is 5. The normalized spacial score (nSPS) is 12.3.